The molecule has 0 unspecified atom stereocenters. The summed E-state index contributed by atoms with van der Waals surface area (Å²) < 4.78 is 26.5. The lowest BCUT2D eigenvalue weighted by atomic mass is 10.1. The molecule has 116 valence electrons. The van der Waals surface area contributed by atoms with Crippen LogP contribution in [0.1, 0.15) is 41.5 Å². The monoisotopic (exact) mass is 336 g/mol. The van der Waals surface area contributed by atoms with Crippen LogP contribution in [0.2, 0.25) is 0 Å². The molecule has 0 radical (unpaired) electrons. The Morgan fingerprint density at radius 3 is 2.91 bits per heavy atom. The van der Waals surface area contributed by atoms with Gasteiger partial charge in [0.15, 0.2) is 0 Å². The third-order valence-electron chi connectivity index (χ3n) is 4.07. The van der Waals surface area contributed by atoms with Crippen molar-refractivity contribution >= 4 is 21.4 Å². The van der Waals surface area contributed by atoms with Gasteiger partial charge in [-0.15, -0.1) is 11.3 Å². The van der Waals surface area contributed by atoms with Crippen molar-refractivity contribution in [3.63, 3.8) is 0 Å². The molecule has 0 amide bonds. The minimum Gasteiger partial charge on any atom is -0.249 e. The molecule has 1 aliphatic carbocycles. The second kappa shape index (κ2) is 5.36. The molecule has 0 aromatic carbocycles. The van der Waals surface area contributed by atoms with Crippen molar-refractivity contribution in [2.24, 2.45) is 0 Å². The van der Waals surface area contributed by atoms with Crippen LogP contribution in [0.25, 0.3) is 0 Å². The van der Waals surface area contributed by atoms with E-state index in [2.05, 4.69) is 15.0 Å². The largest absolute Gasteiger partial charge is 0.249 e. The van der Waals surface area contributed by atoms with Crippen molar-refractivity contribution < 1.29 is 8.42 Å². The van der Waals surface area contributed by atoms with E-state index < -0.39 is 10.0 Å². The lowest BCUT2D eigenvalue weighted by Gasteiger charge is -2.27. The first kappa shape index (κ1) is 14.2. The number of aromatic nitrogens is 3. The number of hydrogen-bond donors (Lipinski definition) is 0. The number of sulfonamides is 1. The molecule has 0 atom stereocenters. The lowest BCUT2D eigenvalue weighted by Crippen LogP contribution is -2.37. The molecule has 0 N–H and O–H groups in total. The van der Waals surface area contributed by atoms with Gasteiger partial charge in [-0.1, -0.05) is 0 Å². The molecule has 2 aromatic heterocycles. The van der Waals surface area contributed by atoms with Crippen molar-refractivity contribution in [2.45, 2.75) is 37.5 Å². The molecule has 0 saturated heterocycles. The van der Waals surface area contributed by atoms with Crippen LogP contribution in [0.4, 0.5) is 0 Å². The molecule has 1 fully saturated rings. The first-order valence-corrected chi connectivity index (χ1v) is 9.86. The number of nitrogens with zero attached hydrogens (tertiary/aromatic N) is 4. The quantitative estimate of drug-likeness (QED) is 0.849. The first-order valence-electron chi connectivity index (χ1n) is 7.31. The van der Waals surface area contributed by atoms with Crippen LogP contribution in [0.5, 0.6) is 0 Å². The van der Waals surface area contributed by atoms with Gasteiger partial charge in [0.25, 0.3) is 0 Å². The smallest absolute Gasteiger partial charge is 0.220 e. The zero-order valence-corrected chi connectivity index (χ0v) is 13.6. The number of hydrogen-bond acceptors (Lipinski definition) is 6. The van der Waals surface area contributed by atoms with E-state index in [4.69, 9.17) is 0 Å². The molecular weight excluding hydrogens is 320 g/mol. The van der Waals surface area contributed by atoms with Crippen molar-refractivity contribution in [3.8, 4) is 0 Å². The molecule has 1 aliphatic heterocycles. The van der Waals surface area contributed by atoms with Crippen LogP contribution in [-0.4, -0.2) is 34.2 Å². The van der Waals surface area contributed by atoms with Crippen LogP contribution in [-0.2, 0) is 28.7 Å². The van der Waals surface area contributed by atoms with Gasteiger partial charge in [-0.05, 0) is 12.8 Å². The SMILES string of the molecule is O=S(=O)(Cc1cscn1)N1CCc2nc(C3CC3)ncc2C1. The average Bonchev–Trinajstić information content (AvgIpc) is 3.25. The normalized spacial score (nSPS) is 19.1. The molecule has 0 bridgehead atoms. The van der Waals surface area contributed by atoms with Gasteiger partial charge < -0.3 is 0 Å². The Bertz CT molecular complexity index is 785. The van der Waals surface area contributed by atoms with Gasteiger partial charge in [-0.3, -0.25) is 0 Å². The van der Waals surface area contributed by atoms with Crippen LogP contribution in [0, 0.1) is 0 Å². The summed E-state index contributed by atoms with van der Waals surface area (Å²) in [6.07, 6.45) is 4.81. The molecule has 1 saturated carbocycles. The summed E-state index contributed by atoms with van der Waals surface area (Å²) in [4.78, 5) is 13.1. The Morgan fingerprint density at radius 1 is 1.32 bits per heavy atom. The summed E-state index contributed by atoms with van der Waals surface area (Å²) in [5, 5.41) is 1.78. The van der Waals surface area contributed by atoms with Crippen molar-refractivity contribution in [2.75, 3.05) is 6.54 Å². The summed E-state index contributed by atoms with van der Waals surface area (Å²) in [6, 6.07) is 0. The third-order valence-corrected chi connectivity index (χ3v) is 6.46. The molecule has 0 spiro atoms. The van der Waals surface area contributed by atoms with Gasteiger partial charge in [0.2, 0.25) is 10.0 Å². The summed E-state index contributed by atoms with van der Waals surface area (Å²) in [5.74, 6) is 1.42. The maximum Gasteiger partial charge on any atom is 0.220 e. The summed E-state index contributed by atoms with van der Waals surface area (Å²) in [7, 11) is -3.34. The topological polar surface area (TPSA) is 76.1 Å². The Morgan fingerprint density at radius 2 is 2.18 bits per heavy atom. The second-order valence-electron chi connectivity index (χ2n) is 5.79. The zero-order valence-electron chi connectivity index (χ0n) is 12.0. The van der Waals surface area contributed by atoms with Gasteiger partial charge in [0.05, 0.1) is 11.2 Å². The van der Waals surface area contributed by atoms with Crippen LogP contribution in [0.3, 0.4) is 0 Å². The average molecular weight is 336 g/mol. The molecule has 6 nitrogen and oxygen atoms in total. The Balaban J connectivity index is 1.53. The van der Waals surface area contributed by atoms with Crippen molar-refractivity contribution in [1.82, 2.24) is 19.3 Å². The number of thiazole rings is 1. The highest BCUT2D eigenvalue weighted by Crippen LogP contribution is 2.38. The van der Waals surface area contributed by atoms with E-state index in [0.29, 0.717) is 31.1 Å². The van der Waals surface area contributed by atoms with E-state index >= 15 is 0 Å². The van der Waals surface area contributed by atoms with E-state index in [0.717, 1.165) is 17.1 Å². The standard InChI is InChI=1S/C14H16N4O2S2/c19-22(20,8-12-7-21-9-16-12)18-4-3-13-11(6-18)5-15-14(17-13)10-1-2-10/h5,7,9-10H,1-4,6,8H2. The molecule has 2 aromatic rings. The van der Waals surface area contributed by atoms with Gasteiger partial charge in [0, 0.05) is 48.3 Å². The molecular formula is C14H16N4O2S2. The van der Waals surface area contributed by atoms with Crippen molar-refractivity contribution in [3.05, 3.63) is 39.9 Å². The lowest BCUT2D eigenvalue weighted by molar-refractivity contribution is 0.385. The fourth-order valence-electron chi connectivity index (χ4n) is 2.67. The Kier molecular flexibility index (Phi) is 3.47. The fraction of sp³-hybridized carbons (Fsp3) is 0.500. The van der Waals surface area contributed by atoms with Gasteiger partial charge >= 0.3 is 0 Å². The second-order valence-corrected chi connectivity index (χ2v) is 8.48. The highest BCUT2D eigenvalue weighted by molar-refractivity contribution is 7.88. The van der Waals surface area contributed by atoms with Crippen LogP contribution < -0.4 is 0 Å². The molecule has 22 heavy (non-hydrogen) atoms. The molecule has 8 heteroatoms. The Labute approximate surface area is 133 Å². The minimum atomic E-state index is -3.34. The summed E-state index contributed by atoms with van der Waals surface area (Å²) >= 11 is 1.41. The van der Waals surface area contributed by atoms with Crippen LogP contribution in [0.15, 0.2) is 17.1 Å². The highest BCUT2D eigenvalue weighted by Gasteiger charge is 2.31. The van der Waals surface area contributed by atoms with E-state index in [9.17, 15) is 8.42 Å². The number of fused-ring (bicyclic) bond motifs is 1. The predicted octanol–water partition coefficient (Wildman–Crippen LogP) is 1.70. The van der Waals surface area contributed by atoms with E-state index in [1.54, 1.807) is 17.1 Å². The fourth-order valence-corrected chi connectivity index (χ4v) is 4.75. The summed E-state index contributed by atoms with van der Waals surface area (Å²) in [6.45, 7) is 0.855. The van der Waals surface area contributed by atoms with Gasteiger partial charge in [-0.25, -0.2) is 23.4 Å². The maximum absolute atomic E-state index is 12.5. The zero-order chi connectivity index (χ0) is 15.2. The van der Waals surface area contributed by atoms with Gasteiger partial charge in [-0.2, -0.15) is 4.31 Å². The van der Waals surface area contributed by atoms with E-state index in [1.165, 1.54) is 28.5 Å². The minimum absolute atomic E-state index is 0.0349. The van der Waals surface area contributed by atoms with Crippen molar-refractivity contribution in [1.29, 1.82) is 0 Å². The van der Waals surface area contributed by atoms with E-state index in [-0.39, 0.29) is 5.75 Å². The first-order chi connectivity index (χ1) is 10.6. The summed E-state index contributed by atoms with van der Waals surface area (Å²) in [5.41, 5.74) is 4.20. The molecule has 4 rings (SSSR count). The maximum atomic E-state index is 12.5. The number of rotatable bonds is 4. The molecule has 3 heterocycles. The Hall–Kier alpha value is -1.38. The third kappa shape index (κ3) is 2.78. The highest BCUT2D eigenvalue weighted by atomic mass is 32.2. The van der Waals surface area contributed by atoms with E-state index in [1.807, 2.05) is 0 Å². The van der Waals surface area contributed by atoms with Gasteiger partial charge in [0.1, 0.15) is 11.6 Å². The molecule has 2 aliphatic rings. The predicted molar refractivity (Wildman–Crippen MR) is 82.9 cm³/mol. The van der Waals surface area contributed by atoms with Crippen LogP contribution >= 0.6 is 11.3 Å².